The summed E-state index contributed by atoms with van der Waals surface area (Å²) in [6.07, 6.45) is -0.515. The van der Waals surface area contributed by atoms with Gasteiger partial charge in [-0.3, -0.25) is 9.78 Å². The van der Waals surface area contributed by atoms with Gasteiger partial charge >= 0.3 is 5.97 Å². The number of carbonyl (C=O) groups is 2. The Balaban J connectivity index is 2.30. The Labute approximate surface area is 177 Å². The standard InChI is InChI=1S/C24H30N2O4/c1-14-7-9-17(10-8-14)21-18-13-26(16(3)27)12-11-19(18)25-15(2)20(21)22(23(28)29)30-24(4,5)6/h7-10,22H,11-13H2,1-6H3,(H,28,29). The van der Waals surface area contributed by atoms with Crippen LogP contribution in [0.4, 0.5) is 0 Å². The quantitative estimate of drug-likeness (QED) is 0.817. The lowest BCUT2D eigenvalue weighted by atomic mass is 9.87. The number of fused-ring (bicyclic) bond motifs is 1. The normalized spacial score (nSPS) is 14.9. The van der Waals surface area contributed by atoms with Crippen molar-refractivity contribution in [2.45, 2.75) is 66.2 Å². The first-order chi connectivity index (χ1) is 14.0. The van der Waals surface area contributed by atoms with E-state index in [1.54, 1.807) is 11.8 Å². The van der Waals surface area contributed by atoms with Crippen molar-refractivity contribution in [3.8, 4) is 11.1 Å². The van der Waals surface area contributed by atoms with Gasteiger partial charge in [-0.1, -0.05) is 29.8 Å². The van der Waals surface area contributed by atoms with Crippen LogP contribution >= 0.6 is 0 Å². The van der Waals surface area contributed by atoms with Crippen LogP contribution in [0.2, 0.25) is 0 Å². The van der Waals surface area contributed by atoms with Crippen LogP contribution in [-0.2, 0) is 27.3 Å². The van der Waals surface area contributed by atoms with E-state index in [1.165, 1.54) is 0 Å². The van der Waals surface area contributed by atoms with Crippen LogP contribution in [0.15, 0.2) is 24.3 Å². The summed E-state index contributed by atoms with van der Waals surface area (Å²) >= 11 is 0. The first-order valence-electron chi connectivity index (χ1n) is 10.2. The number of hydrogen-bond donors (Lipinski definition) is 1. The van der Waals surface area contributed by atoms with Crippen LogP contribution < -0.4 is 0 Å². The van der Waals surface area contributed by atoms with E-state index in [4.69, 9.17) is 9.72 Å². The zero-order valence-electron chi connectivity index (χ0n) is 18.6. The van der Waals surface area contributed by atoms with Crippen molar-refractivity contribution in [3.63, 3.8) is 0 Å². The minimum absolute atomic E-state index is 0.00152. The molecule has 0 fully saturated rings. The fourth-order valence-electron chi connectivity index (χ4n) is 3.93. The van der Waals surface area contributed by atoms with Crippen LogP contribution in [0, 0.1) is 13.8 Å². The van der Waals surface area contributed by atoms with Crippen molar-refractivity contribution in [3.05, 3.63) is 52.3 Å². The van der Waals surface area contributed by atoms with Gasteiger partial charge in [0.2, 0.25) is 5.91 Å². The number of aryl methyl sites for hydroxylation is 2. The summed E-state index contributed by atoms with van der Waals surface area (Å²) in [7, 11) is 0. The summed E-state index contributed by atoms with van der Waals surface area (Å²) in [5, 5.41) is 10.1. The lowest BCUT2D eigenvalue weighted by Crippen LogP contribution is -2.36. The molecule has 1 aromatic heterocycles. The molecular formula is C24H30N2O4. The van der Waals surface area contributed by atoms with Gasteiger partial charge in [-0.25, -0.2) is 4.79 Å². The Morgan fingerprint density at radius 3 is 2.33 bits per heavy atom. The van der Waals surface area contributed by atoms with Crippen LogP contribution in [-0.4, -0.2) is 39.0 Å². The monoisotopic (exact) mass is 410 g/mol. The van der Waals surface area contributed by atoms with Crippen molar-refractivity contribution in [2.75, 3.05) is 6.54 Å². The summed E-state index contributed by atoms with van der Waals surface area (Å²) in [5.74, 6) is -1.05. The molecule has 1 unspecified atom stereocenters. The summed E-state index contributed by atoms with van der Waals surface area (Å²) in [4.78, 5) is 30.9. The molecule has 2 heterocycles. The summed E-state index contributed by atoms with van der Waals surface area (Å²) in [6.45, 7) is 12.0. The van der Waals surface area contributed by atoms with Crippen LogP contribution in [0.3, 0.4) is 0 Å². The molecule has 160 valence electrons. The minimum Gasteiger partial charge on any atom is -0.479 e. The number of carboxylic acids is 1. The average Bonchev–Trinajstić information content (AvgIpc) is 2.65. The van der Waals surface area contributed by atoms with E-state index >= 15 is 0 Å². The molecule has 1 aliphatic rings. The third kappa shape index (κ3) is 4.54. The van der Waals surface area contributed by atoms with Crippen LogP contribution in [0.5, 0.6) is 0 Å². The zero-order chi connectivity index (χ0) is 22.2. The van der Waals surface area contributed by atoms with E-state index < -0.39 is 17.7 Å². The van der Waals surface area contributed by atoms with Gasteiger partial charge in [0.25, 0.3) is 0 Å². The Morgan fingerprint density at radius 1 is 1.17 bits per heavy atom. The average molecular weight is 411 g/mol. The number of benzene rings is 1. The third-order valence-corrected chi connectivity index (χ3v) is 5.32. The molecule has 0 saturated carbocycles. The molecule has 0 spiro atoms. The highest BCUT2D eigenvalue weighted by molar-refractivity contribution is 5.83. The second-order valence-electron chi connectivity index (χ2n) is 8.92. The van der Waals surface area contributed by atoms with Gasteiger partial charge < -0.3 is 14.7 Å². The molecule has 0 bridgehead atoms. The second-order valence-corrected chi connectivity index (χ2v) is 8.92. The molecule has 30 heavy (non-hydrogen) atoms. The van der Waals surface area contributed by atoms with Gasteiger partial charge in [-0.05, 0) is 45.7 Å². The van der Waals surface area contributed by atoms with Crippen molar-refractivity contribution in [1.29, 1.82) is 0 Å². The highest BCUT2D eigenvalue weighted by Crippen LogP contribution is 2.40. The van der Waals surface area contributed by atoms with E-state index in [0.29, 0.717) is 30.8 Å². The lowest BCUT2D eigenvalue weighted by molar-refractivity contribution is -0.160. The number of rotatable bonds is 4. The van der Waals surface area contributed by atoms with Gasteiger partial charge in [0, 0.05) is 48.9 Å². The highest BCUT2D eigenvalue weighted by atomic mass is 16.5. The summed E-state index contributed by atoms with van der Waals surface area (Å²) < 4.78 is 6.00. The topological polar surface area (TPSA) is 79.7 Å². The van der Waals surface area contributed by atoms with E-state index in [-0.39, 0.29) is 5.91 Å². The number of ether oxygens (including phenoxy) is 1. The molecule has 0 saturated heterocycles. The number of aromatic nitrogens is 1. The van der Waals surface area contributed by atoms with Crippen molar-refractivity contribution >= 4 is 11.9 Å². The molecule has 3 rings (SSSR count). The largest absolute Gasteiger partial charge is 0.479 e. The molecule has 2 aromatic rings. The number of hydrogen-bond acceptors (Lipinski definition) is 4. The molecule has 0 radical (unpaired) electrons. The summed E-state index contributed by atoms with van der Waals surface area (Å²) in [5.41, 5.74) is 5.23. The van der Waals surface area contributed by atoms with E-state index in [2.05, 4.69) is 0 Å². The Morgan fingerprint density at radius 2 is 1.80 bits per heavy atom. The molecule has 1 N–H and O–H groups in total. The lowest BCUT2D eigenvalue weighted by Gasteiger charge is -2.33. The van der Waals surface area contributed by atoms with Gasteiger partial charge in [0.1, 0.15) is 0 Å². The molecule has 1 aliphatic heterocycles. The maximum atomic E-state index is 12.3. The smallest absolute Gasteiger partial charge is 0.337 e. The number of nitrogens with zero attached hydrogens (tertiary/aromatic N) is 2. The number of carboxylic acid groups (broad SMARTS) is 1. The molecule has 1 amide bonds. The summed E-state index contributed by atoms with van der Waals surface area (Å²) in [6, 6.07) is 8.01. The van der Waals surface area contributed by atoms with Gasteiger partial charge in [0.15, 0.2) is 6.10 Å². The van der Waals surface area contributed by atoms with Gasteiger partial charge in [-0.2, -0.15) is 0 Å². The fraction of sp³-hybridized carbons (Fsp3) is 0.458. The Bertz CT molecular complexity index is 974. The first kappa shape index (κ1) is 22.0. The maximum absolute atomic E-state index is 12.3. The Hall–Kier alpha value is -2.73. The van der Waals surface area contributed by atoms with Crippen LogP contribution in [0.25, 0.3) is 11.1 Å². The number of pyridine rings is 1. The molecule has 0 aliphatic carbocycles. The minimum atomic E-state index is -1.16. The molecule has 6 heteroatoms. The van der Waals surface area contributed by atoms with Gasteiger partial charge in [0.05, 0.1) is 5.60 Å². The molecule has 1 aromatic carbocycles. The van der Waals surface area contributed by atoms with Crippen molar-refractivity contribution in [2.24, 2.45) is 0 Å². The van der Waals surface area contributed by atoms with Gasteiger partial charge in [-0.15, -0.1) is 0 Å². The van der Waals surface area contributed by atoms with E-state index in [1.807, 2.05) is 58.9 Å². The first-order valence-corrected chi connectivity index (χ1v) is 10.2. The highest BCUT2D eigenvalue weighted by Gasteiger charge is 2.34. The molecular weight excluding hydrogens is 380 g/mol. The number of carbonyl (C=O) groups excluding carboxylic acids is 1. The maximum Gasteiger partial charge on any atom is 0.337 e. The third-order valence-electron chi connectivity index (χ3n) is 5.32. The molecule has 1 atom stereocenters. The SMILES string of the molecule is CC(=O)N1CCc2nc(C)c(C(OC(C)(C)C)C(=O)O)c(-c3ccc(C)cc3)c2C1. The fourth-order valence-corrected chi connectivity index (χ4v) is 3.93. The van der Waals surface area contributed by atoms with Crippen molar-refractivity contribution in [1.82, 2.24) is 9.88 Å². The van der Waals surface area contributed by atoms with E-state index in [0.717, 1.165) is 27.9 Å². The van der Waals surface area contributed by atoms with Crippen molar-refractivity contribution < 1.29 is 19.4 Å². The zero-order valence-corrected chi connectivity index (χ0v) is 18.6. The number of amides is 1. The predicted molar refractivity (Wildman–Crippen MR) is 115 cm³/mol. The number of aliphatic carboxylic acids is 1. The molecule has 6 nitrogen and oxygen atoms in total. The second kappa shape index (κ2) is 8.19. The predicted octanol–water partition coefficient (Wildman–Crippen LogP) is 4.21. The van der Waals surface area contributed by atoms with Crippen LogP contribution in [0.1, 0.15) is 61.9 Å². The van der Waals surface area contributed by atoms with E-state index in [9.17, 15) is 14.7 Å². The Kier molecular flexibility index (Phi) is 5.99.